The van der Waals surface area contributed by atoms with Crippen molar-refractivity contribution >= 4 is 11.6 Å². The maximum atomic E-state index is 5.47. The minimum absolute atomic E-state index is 0.913. The molecule has 0 fully saturated rings. The lowest BCUT2D eigenvalue weighted by Crippen LogP contribution is -2.33. The number of rotatable bonds is 2. The topological polar surface area (TPSA) is 21.1 Å². The Bertz CT molecular complexity index is 306. The molecule has 0 radical (unpaired) electrons. The molecule has 0 aliphatic carbocycles. The molecular weight excluding hydrogens is 186 g/mol. The molecule has 4 heteroatoms. The molecule has 0 bridgehead atoms. The van der Waals surface area contributed by atoms with Gasteiger partial charge in [-0.1, -0.05) is 17.7 Å². The van der Waals surface area contributed by atoms with Crippen LogP contribution in [-0.4, -0.2) is 27.5 Å². The fourth-order valence-corrected chi connectivity index (χ4v) is 1.65. The summed E-state index contributed by atoms with van der Waals surface area (Å²) in [5, 5.41) is 0. The van der Waals surface area contributed by atoms with E-state index in [0.29, 0.717) is 0 Å². The van der Waals surface area contributed by atoms with Crippen LogP contribution in [0.15, 0.2) is 24.0 Å². The van der Waals surface area contributed by atoms with E-state index >= 15 is 0 Å². The zero-order valence-electron chi connectivity index (χ0n) is 7.36. The molecule has 1 aromatic rings. The van der Waals surface area contributed by atoms with Crippen molar-refractivity contribution in [1.82, 2.24) is 14.5 Å². The molecule has 0 unspecified atom stereocenters. The normalized spacial score (nSPS) is 17.9. The average Bonchev–Trinajstić information content (AvgIpc) is 2.61. The Balaban J connectivity index is 2.00. The molecule has 2 heterocycles. The van der Waals surface area contributed by atoms with Gasteiger partial charge < -0.3 is 4.57 Å². The summed E-state index contributed by atoms with van der Waals surface area (Å²) in [4.78, 5) is 6.60. The third kappa shape index (κ3) is 1.92. The van der Waals surface area contributed by atoms with Gasteiger partial charge in [0.2, 0.25) is 0 Å². The summed E-state index contributed by atoms with van der Waals surface area (Å²) >= 11 is 5.47. The van der Waals surface area contributed by atoms with Crippen LogP contribution in [0.4, 0.5) is 0 Å². The number of imidazole rings is 1. The number of nitrogens with zero attached hydrogens (tertiary/aromatic N) is 3. The van der Waals surface area contributed by atoms with Gasteiger partial charge >= 0.3 is 0 Å². The molecule has 1 aliphatic rings. The van der Waals surface area contributed by atoms with Crippen LogP contribution >= 0.6 is 11.6 Å². The summed E-state index contributed by atoms with van der Waals surface area (Å²) in [5.74, 6) is 1.15. The van der Waals surface area contributed by atoms with Crippen LogP contribution in [-0.2, 0) is 13.1 Å². The van der Waals surface area contributed by atoms with Gasteiger partial charge in [-0.2, -0.15) is 0 Å². The highest BCUT2D eigenvalue weighted by molar-refractivity contribution is 6.25. The molecule has 13 heavy (non-hydrogen) atoms. The Labute approximate surface area is 82.6 Å². The molecule has 2 rings (SSSR count). The first-order valence-electron chi connectivity index (χ1n) is 4.38. The van der Waals surface area contributed by atoms with E-state index in [4.69, 9.17) is 11.6 Å². The quantitative estimate of drug-likeness (QED) is 0.716. The number of aromatic nitrogens is 2. The van der Waals surface area contributed by atoms with E-state index in [9.17, 15) is 0 Å². The van der Waals surface area contributed by atoms with Gasteiger partial charge in [-0.3, -0.25) is 4.90 Å². The van der Waals surface area contributed by atoms with E-state index in [-0.39, 0.29) is 0 Å². The molecule has 0 spiro atoms. The van der Waals surface area contributed by atoms with Crippen LogP contribution in [0.1, 0.15) is 5.82 Å². The summed E-state index contributed by atoms with van der Waals surface area (Å²) in [6.07, 6.45) is 5.85. The molecule has 0 atom stereocenters. The average molecular weight is 198 g/mol. The van der Waals surface area contributed by atoms with Crippen molar-refractivity contribution in [2.75, 3.05) is 13.1 Å². The third-order valence-electron chi connectivity index (χ3n) is 2.28. The van der Waals surface area contributed by atoms with Crippen molar-refractivity contribution in [3.63, 3.8) is 0 Å². The standard InChI is InChI=1S/C9H12ClN3/c10-2-1-4-12-6-7-13-5-3-11-9(13)8-12/h1-3,5H,4,6-8H2/b2-1+. The summed E-state index contributed by atoms with van der Waals surface area (Å²) in [5.41, 5.74) is 1.57. The highest BCUT2D eigenvalue weighted by Gasteiger charge is 2.14. The summed E-state index contributed by atoms with van der Waals surface area (Å²) in [7, 11) is 0. The van der Waals surface area contributed by atoms with Crippen molar-refractivity contribution < 1.29 is 0 Å². The van der Waals surface area contributed by atoms with Crippen molar-refractivity contribution in [3.05, 3.63) is 29.8 Å². The van der Waals surface area contributed by atoms with Gasteiger partial charge in [0, 0.05) is 37.6 Å². The zero-order valence-corrected chi connectivity index (χ0v) is 8.11. The summed E-state index contributed by atoms with van der Waals surface area (Å²) in [6, 6.07) is 0. The summed E-state index contributed by atoms with van der Waals surface area (Å²) < 4.78 is 2.20. The fraction of sp³-hybridized carbons (Fsp3) is 0.444. The van der Waals surface area contributed by atoms with Gasteiger partial charge in [0.1, 0.15) is 5.82 Å². The highest BCUT2D eigenvalue weighted by atomic mass is 35.5. The Morgan fingerprint density at radius 1 is 1.54 bits per heavy atom. The number of hydrogen-bond donors (Lipinski definition) is 0. The number of hydrogen-bond acceptors (Lipinski definition) is 2. The van der Waals surface area contributed by atoms with Crippen LogP contribution in [0, 0.1) is 0 Å². The van der Waals surface area contributed by atoms with Crippen LogP contribution < -0.4 is 0 Å². The first-order chi connectivity index (χ1) is 6.40. The Morgan fingerprint density at radius 2 is 2.46 bits per heavy atom. The third-order valence-corrected chi connectivity index (χ3v) is 2.45. The SMILES string of the molecule is Cl/C=C/CN1CCn2ccnc2C1. The second-order valence-corrected chi connectivity index (χ2v) is 3.39. The van der Waals surface area contributed by atoms with Crippen molar-refractivity contribution in [2.24, 2.45) is 0 Å². The van der Waals surface area contributed by atoms with Gasteiger partial charge in [-0.05, 0) is 0 Å². The highest BCUT2D eigenvalue weighted by Crippen LogP contribution is 2.09. The molecular formula is C9H12ClN3. The number of halogens is 1. The zero-order chi connectivity index (χ0) is 9.10. The first-order valence-corrected chi connectivity index (χ1v) is 4.81. The molecule has 1 aliphatic heterocycles. The summed E-state index contributed by atoms with van der Waals surface area (Å²) in [6.45, 7) is 3.95. The maximum absolute atomic E-state index is 5.47. The molecule has 0 aromatic carbocycles. The molecule has 0 N–H and O–H groups in total. The van der Waals surface area contributed by atoms with Gasteiger partial charge in [-0.15, -0.1) is 0 Å². The Morgan fingerprint density at radius 3 is 3.31 bits per heavy atom. The first kappa shape index (κ1) is 8.78. The van der Waals surface area contributed by atoms with E-state index in [1.807, 2.05) is 18.5 Å². The van der Waals surface area contributed by atoms with Crippen LogP contribution in [0.25, 0.3) is 0 Å². The van der Waals surface area contributed by atoms with Crippen molar-refractivity contribution in [1.29, 1.82) is 0 Å². The second kappa shape index (κ2) is 3.94. The van der Waals surface area contributed by atoms with E-state index in [1.165, 1.54) is 0 Å². The van der Waals surface area contributed by atoms with Gasteiger partial charge in [0.15, 0.2) is 0 Å². The predicted molar refractivity (Wildman–Crippen MR) is 52.5 cm³/mol. The number of fused-ring (bicyclic) bond motifs is 1. The molecule has 1 aromatic heterocycles. The van der Waals surface area contributed by atoms with Crippen LogP contribution in [0.5, 0.6) is 0 Å². The lowest BCUT2D eigenvalue weighted by atomic mass is 10.3. The van der Waals surface area contributed by atoms with Gasteiger partial charge in [0.05, 0.1) is 6.54 Å². The van der Waals surface area contributed by atoms with Gasteiger partial charge in [0.25, 0.3) is 0 Å². The van der Waals surface area contributed by atoms with Gasteiger partial charge in [-0.25, -0.2) is 4.98 Å². The Kier molecular flexibility index (Phi) is 2.66. The smallest absolute Gasteiger partial charge is 0.122 e. The molecule has 0 amide bonds. The minimum Gasteiger partial charge on any atom is -0.333 e. The molecule has 0 saturated carbocycles. The van der Waals surface area contributed by atoms with E-state index < -0.39 is 0 Å². The molecule has 3 nitrogen and oxygen atoms in total. The molecule has 70 valence electrons. The van der Waals surface area contributed by atoms with E-state index in [1.54, 1.807) is 5.54 Å². The predicted octanol–water partition coefficient (Wildman–Crippen LogP) is 1.45. The lowest BCUT2D eigenvalue weighted by molar-refractivity contribution is 0.239. The second-order valence-electron chi connectivity index (χ2n) is 3.13. The van der Waals surface area contributed by atoms with Crippen molar-refractivity contribution in [3.8, 4) is 0 Å². The van der Waals surface area contributed by atoms with Crippen molar-refractivity contribution in [2.45, 2.75) is 13.1 Å². The van der Waals surface area contributed by atoms with E-state index in [0.717, 1.165) is 32.0 Å². The van der Waals surface area contributed by atoms with E-state index in [2.05, 4.69) is 14.5 Å². The van der Waals surface area contributed by atoms with Crippen LogP contribution in [0.3, 0.4) is 0 Å². The largest absolute Gasteiger partial charge is 0.333 e. The maximum Gasteiger partial charge on any atom is 0.122 e. The Hall–Kier alpha value is -0.800. The van der Waals surface area contributed by atoms with Crippen LogP contribution in [0.2, 0.25) is 0 Å². The molecule has 0 saturated heterocycles. The monoisotopic (exact) mass is 197 g/mol. The fourth-order valence-electron chi connectivity index (χ4n) is 1.57. The lowest BCUT2D eigenvalue weighted by Gasteiger charge is -2.26. The minimum atomic E-state index is 0.913.